The number of aromatic nitrogens is 2. The van der Waals surface area contributed by atoms with E-state index < -0.39 is 16.0 Å². The molecule has 0 saturated heterocycles. The minimum Gasteiger partial charge on any atom is -0.478 e. The van der Waals surface area contributed by atoms with Crippen LogP contribution < -0.4 is 4.72 Å². The molecule has 0 unspecified atom stereocenters. The summed E-state index contributed by atoms with van der Waals surface area (Å²) in [4.78, 5) is 10.5. The highest BCUT2D eigenvalue weighted by Crippen LogP contribution is 2.20. The van der Waals surface area contributed by atoms with Crippen LogP contribution in [0.4, 0.5) is 5.13 Å². The SMILES string of the molecule is Cc1nnc(NS(=O)(=O)c2cccc(/C=C/C(=O)O)c2)s1. The molecule has 21 heavy (non-hydrogen) atoms. The fourth-order valence-electron chi connectivity index (χ4n) is 1.46. The molecule has 0 amide bonds. The van der Waals surface area contributed by atoms with E-state index in [-0.39, 0.29) is 10.0 Å². The number of sulfonamides is 1. The molecule has 0 fully saturated rings. The van der Waals surface area contributed by atoms with Gasteiger partial charge in [0.05, 0.1) is 4.90 Å². The average molecular weight is 325 g/mol. The van der Waals surface area contributed by atoms with Gasteiger partial charge in [0.2, 0.25) is 5.13 Å². The first kappa shape index (κ1) is 15.1. The molecule has 0 spiro atoms. The van der Waals surface area contributed by atoms with E-state index in [2.05, 4.69) is 14.9 Å². The summed E-state index contributed by atoms with van der Waals surface area (Å²) in [5, 5.41) is 16.8. The number of carboxylic acid groups (broad SMARTS) is 1. The maximum atomic E-state index is 12.2. The average Bonchev–Trinajstić information content (AvgIpc) is 2.81. The van der Waals surface area contributed by atoms with Crippen LogP contribution in [0.2, 0.25) is 0 Å². The van der Waals surface area contributed by atoms with E-state index in [9.17, 15) is 13.2 Å². The first-order valence-corrected chi connectivity index (χ1v) is 8.01. The minimum absolute atomic E-state index is 0.0166. The van der Waals surface area contributed by atoms with Crippen molar-refractivity contribution in [3.05, 3.63) is 40.9 Å². The molecule has 7 nitrogen and oxygen atoms in total. The first-order valence-electron chi connectivity index (χ1n) is 5.71. The fourth-order valence-corrected chi connectivity index (χ4v) is 3.34. The number of carbonyl (C=O) groups is 1. The van der Waals surface area contributed by atoms with Gasteiger partial charge in [0.25, 0.3) is 10.0 Å². The van der Waals surface area contributed by atoms with Crippen molar-refractivity contribution in [2.75, 3.05) is 4.72 Å². The second-order valence-electron chi connectivity index (χ2n) is 3.98. The number of hydrogen-bond donors (Lipinski definition) is 2. The quantitative estimate of drug-likeness (QED) is 0.811. The largest absolute Gasteiger partial charge is 0.478 e. The number of hydrogen-bond acceptors (Lipinski definition) is 6. The van der Waals surface area contributed by atoms with Crippen molar-refractivity contribution in [1.82, 2.24) is 10.2 Å². The summed E-state index contributed by atoms with van der Waals surface area (Å²) in [6.45, 7) is 1.72. The molecule has 0 atom stereocenters. The Bertz CT molecular complexity index is 796. The number of aryl methyl sites for hydroxylation is 1. The third-order valence-electron chi connectivity index (χ3n) is 2.33. The van der Waals surface area contributed by atoms with Gasteiger partial charge in [0.15, 0.2) is 0 Å². The minimum atomic E-state index is -3.78. The summed E-state index contributed by atoms with van der Waals surface area (Å²) in [6.07, 6.45) is 2.25. The fraction of sp³-hybridized carbons (Fsp3) is 0.0833. The molecule has 2 rings (SSSR count). The number of nitrogens with one attached hydrogen (secondary N) is 1. The molecule has 1 aromatic heterocycles. The Hall–Kier alpha value is -2.26. The molecule has 0 bridgehead atoms. The molecular formula is C12H11N3O4S2. The first-order chi connectivity index (χ1) is 9.87. The Labute approximate surface area is 125 Å². The van der Waals surface area contributed by atoms with Crippen LogP contribution in [0.25, 0.3) is 6.08 Å². The van der Waals surface area contributed by atoms with Crippen LogP contribution >= 0.6 is 11.3 Å². The van der Waals surface area contributed by atoms with Crippen LogP contribution in [0.5, 0.6) is 0 Å². The number of rotatable bonds is 5. The van der Waals surface area contributed by atoms with Gasteiger partial charge in [0.1, 0.15) is 5.01 Å². The van der Waals surface area contributed by atoms with Gasteiger partial charge in [-0.1, -0.05) is 23.5 Å². The Morgan fingerprint density at radius 1 is 1.38 bits per heavy atom. The molecule has 0 radical (unpaired) electrons. The van der Waals surface area contributed by atoms with Crippen molar-refractivity contribution in [2.45, 2.75) is 11.8 Å². The van der Waals surface area contributed by atoms with E-state index in [0.29, 0.717) is 10.6 Å². The predicted octanol–water partition coefficient (Wildman–Crippen LogP) is 1.75. The highest BCUT2D eigenvalue weighted by atomic mass is 32.2. The summed E-state index contributed by atoms with van der Waals surface area (Å²) < 4.78 is 26.7. The second-order valence-corrected chi connectivity index (χ2v) is 6.84. The Morgan fingerprint density at radius 2 is 2.14 bits per heavy atom. The van der Waals surface area contributed by atoms with Crippen molar-refractivity contribution in [3.63, 3.8) is 0 Å². The van der Waals surface area contributed by atoms with Crippen molar-refractivity contribution in [3.8, 4) is 0 Å². The monoisotopic (exact) mass is 325 g/mol. The second kappa shape index (κ2) is 6.02. The Balaban J connectivity index is 2.27. The lowest BCUT2D eigenvalue weighted by atomic mass is 10.2. The van der Waals surface area contributed by atoms with E-state index in [4.69, 9.17) is 5.11 Å². The number of benzene rings is 1. The van der Waals surface area contributed by atoms with Gasteiger partial charge in [0, 0.05) is 6.08 Å². The lowest BCUT2D eigenvalue weighted by molar-refractivity contribution is -0.131. The number of carboxylic acids is 1. The van der Waals surface area contributed by atoms with Gasteiger partial charge in [-0.25, -0.2) is 13.2 Å². The topological polar surface area (TPSA) is 109 Å². The normalized spacial score (nSPS) is 11.7. The van der Waals surface area contributed by atoms with Crippen LogP contribution in [0.1, 0.15) is 10.6 Å². The molecule has 110 valence electrons. The summed E-state index contributed by atoms with van der Waals surface area (Å²) >= 11 is 1.12. The van der Waals surface area contributed by atoms with Crippen LogP contribution in [0.3, 0.4) is 0 Å². The molecule has 2 aromatic rings. The molecular weight excluding hydrogens is 314 g/mol. The van der Waals surface area contributed by atoms with Crippen LogP contribution in [-0.4, -0.2) is 29.7 Å². The molecule has 2 N–H and O–H groups in total. The van der Waals surface area contributed by atoms with Crippen molar-refractivity contribution >= 4 is 38.5 Å². The summed E-state index contributed by atoms with van der Waals surface area (Å²) in [5.41, 5.74) is 0.466. The van der Waals surface area contributed by atoms with E-state index >= 15 is 0 Å². The van der Waals surface area contributed by atoms with Crippen LogP contribution in [-0.2, 0) is 14.8 Å². The molecule has 9 heteroatoms. The molecule has 0 aliphatic rings. The summed E-state index contributed by atoms with van der Waals surface area (Å²) in [6, 6.07) is 5.92. The van der Waals surface area contributed by atoms with Crippen LogP contribution in [0.15, 0.2) is 35.2 Å². The maximum absolute atomic E-state index is 12.2. The predicted molar refractivity (Wildman–Crippen MR) is 78.6 cm³/mol. The molecule has 1 heterocycles. The number of anilines is 1. The lowest BCUT2D eigenvalue weighted by Gasteiger charge is -2.05. The molecule has 0 aliphatic heterocycles. The molecule has 0 saturated carbocycles. The van der Waals surface area contributed by atoms with Gasteiger partial charge in [-0.2, -0.15) is 0 Å². The van der Waals surface area contributed by atoms with Crippen molar-refractivity contribution in [2.24, 2.45) is 0 Å². The zero-order chi connectivity index (χ0) is 15.5. The zero-order valence-electron chi connectivity index (χ0n) is 10.8. The van der Waals surface area contributed by atoms with Crippen molar-refractivity contribution < 1.29 is 18.3 Å². The van der Waals surface area contributed by atoms with Gasteiger partial charge in [-0.3, -0.25) is 4.72 Å². The van der Waals surface area contributed by atoms with Gasteiger partial charge < -0.3 is 5.11 Å². The zero-order valence-corrected chi connectivity index (χ0v) is 12.5. The number of nitrogens with zero attached hydrogens (tertiary/aromatic N) is 2. The third-order valence-corrected chi connectivity index (χ3v) is 4.55. The highest BCUT2D eigenvalue weighted by Gasteiger charge is 2.16. The molecule has 1 aromatic carbocycles. The molecule has 0 aliphatic carbocycles. The van der Waals surface area contributed by atoms with E-state index in [1.54, 1.807) is 13.0 Å². The summed E-state index contributed by atoms with van der Waals surface area (Å²) in [7, 11) is -3.78. The van der Waals surface area contributed by atoms with Gasteiger partial charge in [-0.15, -0.1) is 10.2 Å². The van der Waals surface area contributed by atoms with Gasteiger partial charge >= 0.3 is 5.97 Å². The maximum Gasteiger partial charge on any atom is 0.328 e. The van der Waals surface area contributed by atoms with Crippen LogP contribution in [0, 0.1) is 6.92 Å². The lowest BCUT2D eigenvalue weighted by Crippen LogP contribution is -2.12. The van der Waals surface area contributed by atoms with E-state index in [1.807, 2.05) is 0 Å². The number of aliphatic carboxylic acids is 1. The Kier molecular flexibility index (Phi) is 4.34. The highest BCUT2D eigenvalue weighted by molar-refractivity contribution is 7.93. The standard InChI is InChI=1S/C12H11N3O4S2/c1-8-13-14-12(20-8)15-21(18,19)10-4-2-3-9(7-10)5-6-11(16)17/h2-7H,1H3,(H,14,15)(H,16,17)/b6-5+. The summed E-state index contributed by atoms with van der Waals surface area (Å²) in [5.74, 6) is -1.11. The van der Waals surface area contributed by atoms with Crippen molar-refractivity contribution in [1.29, 1.82) is 0 Å². The van der Waals surface area contributed by atoms with Gasteiger partial charge in [-0.05, 0) is 30.7 Å². The van der Waals surface area contributed by atoms with E-state index in [1.165, 1.54) is 24.3 Å². The Morgan fingerprint density at radius 3 is 2.76 bits per heavy atom. The smallest absolute Gasteiger partial charge is 0.328 e. The third kappa shape index (κ3) is 4.10. The van der Waals surface area contributed by atoms with E-state index in [0.717, 1.165) is 17.4 Å².